The highest BCUT2D eigenvalue weighted by atomic mass is 16.3. The molecule has 0 radical (unpaired) electrons. The Morgan fingerprint density at radius 1 is 1.36 bits per heavy atom. The van der Waals surface area contributed by atoms with Gasteiger partial charge in [0, 0.05) is 18.4 Å². The SMILES string of the molecule is CC1(O)CCC(NC(=O)c2nc(-n3ccnc3)cc3c2CCC3)CC1. The lowest BCUT2D eigenvalue weighted by molar-refractivity contribution is 0.0140. The van der Waals surface area contributed by atoms with Crippen molar-refractivity contribution in [1.82, 2.24) is 19.9 Å². The van der Waals surface area contributed by atoms with E-state index in [4.69, 9.17) is 0 Å². The minimum atomic E-state index is -0.595. The monoisotopic (exact) mass is 340 g/mol. The van der Waals surface area contributed by atoms with Gasteiger partial charge >= 0.3 is 0 Å². The fourth-order valence-electron chi connectivity index (χ4n) is 3.92. The van der Waals surface area contributed by atoms with E-state index in [1.54, 1.807) is 12.5 Å². The van der Waals surface area contributed by atoms with Gasteiger partial charge in [0.25, 0.3) is 5.91 Å². The van der Waals surface area contributed by atoms with Crippen molar-refractivity contribution in [1.29, 1.82) is 0 Å². The molecule has 6 nitrogen and oxygen atoms in total. The molecule has 6 heteroatoms. The summed E-state index contributed by atoms with van der Waals surface area (Å²) in [7, 11) is 0. The quantitative estimate of drug-likeness (QED) is 0.897. The summed E-state index contributed by atoms with van der Waals surface area (Å²) in [5.41, 5.74) is 2.26. The summed E-state index contributed by atoms with van der Waals surface area (Å²) < 4.78 is 1.84. The topological polar surface area (TPSA) is 80.0 Å². The lowest BCUT2D eigenvalue weighted by Gasteiger charge is -2.33. The van der Waals surface area contributed by atoms with Gasteiger partial charge in [-0.15, -0.1) is 0 Å². The largest absolute Gasteiger partial charge is 0.390 e. The number of aliphatic hydroxyl groups is 1. The van der Waals surface area contributed by atoms with E-state index in [1.807, 2.05) is 17.7 Å². The molecule has 25 heavy (non-hydrogen) atoms. The molecule has 0 unspecified atom stereocenters. The van der Waals surface area contributed by atoms with Gasteiger partial charge in [-0.3, -0.25) is 9.36 Å². The van der Waals surface area contributed by atoms with E-state index in [2.05, 4.69) is 21.4 Å². The molecular weight excluding hydrogens is 316 g/mol. The Morgan fingerprint density at radius 3 is 2.88 bits per heavy atom. The number of carbonyl (C=O) groups is 1. The first-order chi connectivity index (χ1) is 12.0. The second kappa shape index (κ2) is 6.26. The number of carbonyl (C=O) groups excluding carboxylic acids is 1. The van der Waals surface area contributed by atoms with Crippen molar-refractivity contribution >= 4 is 5.91 Å². The molecule has 2 aromatic rings. The fourth-order valence-corrected chi connectivity index (χ4v) is 3.92. The lowest BCUT2D eigenvalue weighted by Crippen LogP contribution is -2.42. The highest BCUT2D eigenvalue weighted by molar-refractivity contribution is 5.94. The Balaban J connectivity index is 1.58. The summed E-state index contributed by atoms with van der Waals surface area (Å²) in [6.45, 7) is 1.87. The molecule has 2 heterocycles. The summed E-state index contributed by atoms with van der Waals surface area (Å²) in [5, 5.41) is 13.2. The van der Waals surface area contributed by atoms with E-state index in [1.165, 1.54) is 5.56 Å². The molecule has 2 aliphatic rings. The van der Waals surface area contributed by atoms with Gasteiger partial charge in [0.2, 0.25) is 0 Å². The predicted molar refractivity (Wildman–Crippen MR) is 93.7 cm³/mol. The number of hydrogen-bond acceptors (Lipinski definition) is 4. The third-order valence-electron chi connectivity index (χ3n) is 5.46. The first-order valence-electron chi connectivity index (χ1n) is 9.06. The first kappa shape index (κ1) is 16.3. The molecule has 0 bridgehead atoms. The van der Waals surface area contributed by atoms with Gasteiger partial charge in [0.05, 0.1) is 5.60 Å². The summed E-state index contributed by atoms with van der Waals surface area (Å²) in [6, 6.07) is 2.18. The predicted octanol–water partition coefficient (Wildman–Crippen LogP) is 2.18. The van der Waals surface area contributed by atoms with Gasteiger partial charge in [-0.05, 0) is 69.1 Å². The molecule has 2 N–H and O–H groups in total. The smallest absolute Gasteiger partial charge is 0.270 e. The molecule has 1 amide bonds. The Morgan fingerprint density at radius 2 is 2.16 bits per heavy atom. The van der Waals surface area contributed by atoms with Crippen molar-refractivity contribution in [3.63, 3.8) is 0 Å². The van der Waals surface area contributed by atoms with E-state index in [-0.39, 0.29) is 11.9 Å². The summed E-state index contributed by atoms with van der Waals surface area (Å²) in [6.07, 6.45) is 11.3. The van der Waals surface area contributed by atoms with Crippen LogP contribution in [0.15, 0.2) is 24.8 Å². The highest BCUT2D eigenvalue weighted by Gasteiger charge is 2.30. The number of hydrogen-bond donors (Lipinski definition) is 2. The molecule has 2 aliphatic carbocycles. The van der Waals surface area contributed by atoms with Crippen molar-refractivity contribution in [2.75, 3.05) is 0 Å². The average Bonchev–Trinajstić information content (AvgIpc) is 3.26. The number of aromatic nitrogens is 3. The van der Waals surface area contributed by atoms with Gasteiger partial charge in [0.1, 0.15) is 17.8 Å². The number of amides is 1. The molecule has 4 rings (SSSR count). The van der Waals surface area contributed by atoms with Crippen LogP contribution in [0.25, 0.3) is 5.82 Å². The van der Waals surface area contributed by atoms with Gasteiger partial charge in [0.15, 0.2) is 0 Å². The normalized spacial score (nSPS) is 25.6. The van der Waals surface area contributed by atoms with Crippen molar-refractivity contribution in [3.8, 4) is 5.82 Å². The Labute approximate surface area is 147 Å². The molecule has 1 saturated carbocycles. The lowest BCUT2D eigenvalue weighted by atomic mass is 9.83. The molecule has 0 aliphatic heterocycles. The van der Waals surface area contributed by atoms with Gasteiger partial charge in [-0.1, -0.05) is 0 Å². The number of nitrogens with zero attached hydrogens (tertiary/aromatic N) is 3. The van der Waals surface area contributed by atoms with Crippen LogP contribution in [-0.4, -0.2) is 37.2 Å². The second-order valence-electron chi connectivity index (χ2n) is 7.53. The van der Waals surface area contributed by atoms with Crippen LogP contribution in [0.1, 0.15) is 60.6 Å². The Bertz CT molecular complexity index is 773. The molecule has 1 fully saturated rings. The zero-order valence-electron chi connectivity index (χ0n) is 14.5. The third-order valence-corrected chi connectivity index (χ3v) is 5.46. The number of fused-ring (bicyclic) bond motifs is 1. The zero-order valence-corrected chi connectivity index (χ0v) is 14.5. The number of aryl methyl sites for hydroxylation is 1. The second-order valence-corrected chi connectivity index (χ2v) is 7.53. The molecular formula is C19H24N4O2. The van der Waals surface area contributed by atoms with Crippen LogP contribution in [0.5, 0.6) is 0 Å². The van der Waals surface area contributed by atoms with Crippen LogP contribution < -0.4 is 5.32 Å². The Hall–Kier alpha value is -2.21. The first-order valence-corrected chi connectivity index (χ1v) is 9.06. The van der Waals surface area contributed by atoms with Crippen LogP contribution in [-0.2, 0) is 12.8 Å². The van der Waals surface area contributed by atoms with Gasteiger partial charge in [-0.25, -0.2) is 9.97 Å². The van der Waals surface area contributed by atoms with Crippen LogP contribution in [0.3, 0.4) is 0 Å². The van der Waals surface area contributed by atoms with E-state index < -0.39 is 5.60 Å². The van der Waals surface area contributed by atoms with Gasteiger partial charge < -0.3 is 10.4 Å². The third kappa shape index (κ3) is 3.31. The minimum absolute atomic E-state index is 0.0911. The maximum atomic E-state index is 12.9. The number of rotatable bonds is 3. The van der Waals surface area contributed by atoms with Crippen molar-refractivity contribution in [2.45, 2.75) is 63.5 Å². The summed E-state index contributed by atoms with van der Waals surface area (Å²) in [4.78, 5) is 21.6. The fraction of sp³-hybridized carbons (Fsp3) is 0.526. The number of imidazole rings is 1. The van der Waals surface area contributed by atoms with E-state index in [9.17, 15) is 9.90 Å². The number of nitrogens with one attached hydrogen (secondary N) is 1. The molecule has 0 spiro atoms. The Kier molecular flexibility index (Phi) is 4.07. The van der Waals surface area contributed by atoms with Crippen LogP contribution in [0.4, 0.5) is 0 Å². The molecule has 0 aromatic carbocycles. The number of pyridine rings is 1. The summed E-state index contributed by atoms with van der Waals surface area (Å²) >= 11 is 0. The zero-order chi connectivity index (χ0) is 17.4. The van der Waals surface area contributed by atoms with Gasteiger partial charge in [-0.2, -0.15) is 0 Å². The molecule has 0 atom stereocenters. The van der Waals surface area contributed by atoms with E-state index in [0.717, 1.165) is 56.3 Å². The maximum absolute atomic E-state index is 12.9. The molecule has 2 aromatic heterocycles. The molecule has 0 saturated heterocycles. The van der Waals surface area contributed by atoms with Crippen molar-refractivity contribution in [3.05, 3.63) is 41.6 Å². The minimum Gasteiger partial charge on any atom is -0.390 e. The van der Waals surface area contributed by atoms with Crippen molar-refractivity contribution < 1.29 is 9.90 Å². The van der Waals surface area contributed by atoms with Crippen LogP contribution in [0.2, 0.25) is 0 Å². The maximum Gasteiger partial charge on any atom is 0.270 e. The average molecular weight is 340 g/mol. The molecule has 132 valence electrons. The standard InChI is InChI=1S/C19H24N4O2/c1-19(25)7-5-14(6-8-19)21-18(24)17-15-4-2-3-13(15)11-16(22-17)23-10-9-20-12-23/h9-12,14,25H,2-8H2,1H3,(H,21,24). The van der Waals surface area contributed by atoms with E-state index >= 15 is 0 Å². The summed E-state index contributed by atoms with van der Waals surface area (Å²) in [5.74, 6) is 0.654. The van der Waals surface area contributed by atoms with Crippen LogP contribution >= 0.6 is 0 Å². The highest BCUT2D eigenvalue weighted by Crippen LogP contribution is 2.29. The van der Waals surface area contributed by atoms with E-state index in [0.29, 0.717) is 5.69 Å². The van der Waals surface area contributed by atoms with Crippen LogP contribution in [0, 0.1) is 0 Å². The van der Waals surface area contributed by atoms with Crippen molar-refractivity contribution in [2.24, 2.45) is 0 Å².